The van der Waals surface area contributed by atoms with Gasteiger partial charge in [-0.05, 0) is 38.0 Å². The summed E-state index contributed by atoms with van der Waals surface area (Å²) in [5, 5.41) is 9.83. The SMILES string of the molecule is CCn1cc(C(=O)Nc2cc(C(=O)N3CCC(NC(C)=O)C3)ccc2C)cn1. The van der Waals surface area contributed by atoms with E-state index < -0.39 is 0 Å². The van der Waals surface area contributed by atoms with Crippen molar-refractivity contribution in [2.75, 3.05) is 18.4 Å². The van der Waals surface area contributed by atoms with Gasteiger partial charge in [-0.25, -0.2) is 0 Å². The third-order valence-corrected chi connectivity index (χ3v) is 4.84. The lowest BCUT2D eigenvalue weighted by molar-refractivity contribution is -0.119. The Morgan fingerprint density at radius 2 is 2.04 bits per heavy atom. The van der Waals surface area contributed by atoms with Crippen LogP contribution >= 0.6 is 0 Å². The molecular formula is C20H25N5O3. The molecule has 8 heteroatoms. The molecule has 1 fully saturated rings. The van der Waals surface area contributed by atoms with Crippen molar-refractivity contribution in [2.45, 2.75) is 39.8 Å². The predicted octanol–water partition coefficient (Wildman–Crippen LogP) is 1.81. The number of likely N-dealkylation sites (tertiary alicyclic amines) is 1. The molecule has 2 N–H and O–H groups in total. The van der Waals surface area contributed by atoms with Crippen molar-refractivity contribution >= 4 is 23.4 Å². The predicted molar refractivity (Wildman–Crippen MR) is 105 cm³/mol. The Kier molecular flexibility index (Phi) is 5.77. The average Bonchev–Trinajstić information content (AvgIpc) is 3.32. The quantitative estimate of drug-likeness (QED) is 0.823. The van der Waals surface area contributed by atoms with Gasteiger partial charge in [0, 0.05) is 50.0 Å². The van der Waals surface area contributed by atoms with E-state index in [1.165, 1.54) is 13.1 Å². The van der Waals surface area contributed by atoms with Crippen LogP contribution in [-0.2, 0) is 11.3 Å². The summed E-state index contributed by atoms with van der Waals surface area (Å²) in [6.45, 7) is 7.07. The van der Waals surface area contributed by atoms with Crippen LogP contribution in [0, 0.1) is 6.92 Å². The fourth-order valence-corrected chi connectivity index (χ4v) is 3.27. The third-order valence-electron chi connectivity index (χ3n) is 4.84. The Balaban J connectivity index is 1.71. The van der Waals surface area contributed by atoms with Crippen LogP contribution in [0.25, 0.3) is 0 Å². The van der Waals surface area contributed by atoms with E-state index in [2.05, 4.69) is 15.7 Å². The van der Waals surface area contributed by atoms with Crippen LogP contribution in [0.15, 0.2) is 30.6 Å². The van der Waals surface area contributed by atoms with Gasteiger partial charge in [0.1, 0.15) is 0 Å². The van der Waals surface area contributed by atoms with Gasteiger partial charge in [0.05, 0.1) is 11.8 Å². The number of hydrogen-bond donors (Lipinski definition) is 2. The van der Waals surface area contributed by atoms with Crippen molar-refractivity contribution in [3.05, 3.63) is 47.3 Å². The van der Waals surface area contributed by atoms with Gasteiger partial charge >= 0.3 is 0 Å². The highest BCUT2D eigenvalue weighted by molar-refractivity contribution is 6.05. The number of carbonyl (C=O) groups is 3. The molecule has 1 aromatic heterocycles. The van der Waals surface area contributed by atoms with Crippen LogP contribution in [-0.4, -0.2) is 51.5 Å². The summed E-state index contributed by atoms with van der Waals surface area (Å²) in [5.74, 6) is -0.465. The Hall–Kier alpha value is -3.16. The Morgan fingerprint density at radius 1 is 1.25 bits per heavy atom. The Morgan fingerprint density at radius 3 is 2.71 bits per heavy atom. The highest BCUT2D eigenvalue weighted by Gasteiger charge is 2.27. The number of carbonyl (C=O) groups excluding carboxylic acids is 3. The lowest BCUT2D eigenvalue weighted by Crippen LogP contribution is -2.37. The molecule has 1 unspecified atom stereocenters. The summed E-state index contributed by atoms with van der Waals surface area (Å²) in [6.07, 6.45) is 3.95. The van der Waals surface area contributed by atoms with Crippen LogP contribution in [0.1, 0.15) is 46.5 Å². The number of nitrogens with zero attached hydrogens (tertiary/aromatic N) is 3. The van der Waals surface area contributed by atoms with Crippen molar-refractivity contribution in [3.63, 3.8) is 0 Å². The first-order valence-electron chi connectivity index (χ1n) is 9.38. The second-order valence-corrected chi connectivity index (χ2v) is 7.01. The van der Waals surface area contributed by atoms with Crippen LogP contribution in [0.3, 0.4) is 0 Å². The molecule has 0 spiro atoms. The first-order chi connectivity index (χ1) is 13.4. The zero-order valence-corrected chi connectivity index (χ0v) is 16.4. The zero-order valence-electron chi connectivity index (χ0n) is 16.4. The largest absolute Gasteiger partial charge is 0.352 e. The maximum Gasteiger partial charge on any atom is 0.258 e. The molecule has 2 heterocycles. The lowest BCUT2D eigenvalue weighted by atomic mass is 10.1. The molecule has 28 heavy (non-hydrogen) atoms. The fourth-order valence-electron chi connectivity index (χ4n) is 3.27. The summed E-state index contributed by atoms with van der Waals surface area (Å²) in [7, 11) is 0. The normalized spacial score (nSPS) is 16.1. The third kappa shape index (κ3) is 4.39. The maximum absolute atomic E-state index is 12.8. The number of aryl methyl sites for hydroxylation is 2. The molecule has 0 bridgehead atoms. The van der Waals surface area contributed by atoms with Gasteiger partial charge in [0.25, 0.3) is 11.8 Å². The Labute approximate surface area is 163 Å². The monoisotopic (exact) mass is 383 g/mol. The summed E-state index contributed by atoms with van der Waals surface area (Å²) >= 11 is 0. The highest BCUT2D eigenvalue weighted by Crippen LogP contribution is 2.21. The van der Waals surface area contributed by atoms with Gasteiger partial charge in [-0.1, -0.05) is 6.07 Å². The van der Waals surface area contributed by atoms with Crippen LogP contribution in [0.4, 0.5) is 5.69 Å². The van der Waals surface area contributed by atoms with Gasteiger partial charge in [-0.15, -0.1) is 0 Å². The molecule has 0 radical (unpaired) electrons. The van der Waals surface area contributed by atoms with E-state index in [0.717, 1.165) is 12.0 Å². The summed E-state index contributed by atoms with van der Waals surface area (Å²) in [4.78, 5) is 38.2. The topological polar surface area (TPSA) is 96.3 Å². The Bertz CT molecular complexity index is 905. The number of aromatic nitrogens is 2. The van der Waals surface area contributed by atoms with Crippen molar-refractivity contribution < 1.29 is 14.4 Å². The van der Waals surface area contributed by atoms with E-state index in [0.29, 0.717) is 36.4 Å². The van der Waals surface area contributed by atoms with Crippen LogP contribution in [0.2, 0.25) is 0 Å². The number of nitrogens with one attached hydrogen (secondary N) is 2. The summed E-state index contributed by atoms with van der Waals surface area (Å²) in [6, 6.07) is 5.26. The van der Waals surface area contributed by atoms with Gasteiger partial charge in [0.15, 0.2) is 0 Å². The molecule has 0 saturated carbocycles. The lowest BCUT2D eigenvalue weighted by Gasteiger charge is -2.18. The second kappa shape index (κ2) is 8.24. The van der Waals surface area contributed by atoms with E-state index in [1.807, 2.05) is 19.9 Å². The highest BCUT2D eigenvalue weighted by atomic mass is 16.2. The van der Waals surface area contributed by atoms with Crippen molar-refractivity contribution in [1.29, 1.82) is 0 Å². The molecular weight excluding hydrogens is 358 g/mol. The van der Waals surface area contributed by atoms with Gasteiger partial charge in [0.2, 0.25) is 5.91 Å². The fraction of sp³-hybridized carbons (Fsp3) is 0.400. The number of amides is 3. The molecule has 0 aliphatic carbocycles. The first kappa shape index (κ1) is 19.6. The standard InChI is InChI=1S/C20H25N5O3/c1-4-25-11-16(10-21-25)19(27)23-18-9-15(6-5-13(18)2)20(28)24-8-7-17(12-24)22-14(3)26/h5-6,9-11,17H,4,7-8,12H2,1-3H3,(H,22,26)(H,23,27). The van der Waals surface area contributed by atoms with E-state index in [4.69, 9.17) is 0 Å². The second-order valence-electron chi connectivity index (χ2n) is 7.01. The smallest absolute Gasteiger partial charge is 0.258 e. The molecule has 2 aromatic rings. The molecule has 3 amide bonds. The zero-order chi connectivity index (χ0) is 20.3. The molecule has 1 aromatic carbocycles. The average molecular weight is 383 g/mol. The minimum absolute atomic E-state index is 0.0128. The maximum atomic E-state index is 12.8. The molecule has 1 aliphatic heterocycles. The van der Waals surface area contributed by atoms with Gasteiger partial charge < -0.3 is 15.5 Å². The molecule has 1 saturated heterocycles. The number of rotatable bonds is 5. The van der Waals surface area contributed by atoms with E-state index in [1.54, 1.807) is 27.9 Å². The molecule has 148 valence electrons. The molecule has 1 atom stereocenters. The van der Waals surface area contributed by atoms with E-state index >= 15 is 0 Å². The van der Waals surface area contributed by atoms with Crippen molar-refractivity contribution in [1.82, 2.24) is 20.0 Å². The minimum Gasteiger partial charge on any atom is -0.352 e. The summed E-state index contributed by atoms with van der Waals surface area (Å²) < 4.78 is 1.68. The van der Waals surface area contributed by atoms with Gasteiger partial charge in [-0.3, -0.25) is 19.1 Å². The van der Waals surface area contributed by atoms with Crippen molar-refractivity contribution in [2.24, 2.45) is 0 Å². The molecule has 3 rings (SSSR count). The summed E-state index contributed by atoms with van der Waals surface area (Å²) in [5.41, 5.74) is 2.44. The van der Waals surface area contributed by atoms with Crippen molar-refractivity contribution in [3.8, 4) is 0 Å². The molecule has 1 aliphatic rings. The number of hydrogen-bond acceptors (Lipinski definition) is 4. The van der Waals surface area contributed by atoms with E-state index in [-0.39, 0.29) is 23.8 Å². The minimum atomic E-state index is -0.265. The van der Waals surface area contributed by atoms with Gasteiger partial charge in [-0.2, -0.15) is 5.10 Å². The number of benzene rings is 1. The van der Waals surface area contributed by atoms with E-state index in [9.17, 15) is 14.4 Å². The molecule has 8 nitrogen and oxygen atoms in total. The first-order valence-corrected chi connectivity index (χ1v) is 9.38. The van der Waals surface area contributed by atoms with Crippen LogP contribution in [0.5, 0.6) is 0 Å². The van der Waals surface area contributed by atoms with Crippen LogP contribution < -0.4 is 10.6 Å². The number of anilines is 1.